The smallest absolute Gasteiger partial charge is 0.344 e. The second-order valence-corrected chi connectivity index (χ2v) is 11.1. The molecule has 6 aromatic rings. The van der Waals surface area contributed by atoms with E-state index in [1.54, 1.807) is 24.3 Å². The Hall–Kier alpha value is -4.52. The molecule has 0 saturated heterocycles. The number of fused-ring (bicyclic) bond motifs is 2. The molecule has 0 aliphatic carbocycles. The van der Waals surface area contributed by atoms with Gasteiger partial charge in [0.2, 0.25) is 0 Å². The summed E-state index contributed by atoms with van der Waals surface area (Å²) >= 11 is 0. The van der Waals surface area contributed by atoms with Crippen molar-refractivity contribution in [2.75, 3.05) is 0 Å². The molecule has 0 N–H and O–H groups in total. The predicted molar refractivity (Wildman–Crippen MR) is 162 cm³/mol. The fourth-order valence-electron chi connectivity index (χ4n) is 4.41. The molecule has 0 saturated carbocycles. The molecule has 0 fully saturated rings. The average Bonchev–Trinajstić information content (AvgIpc) is 3.00. The third-order valence-electron chi connectivity index (χ3n) is 6.34. The summed E-state index contributed by atoms with van der Waals surface area (Å²) < 4.78 is 11.7. The summed E-state index contributed by atoms with van der Waals surface area (Å²) in [5.74, 6) is 0.0878. The van der Waals surface area contributed by atoms with E-state index in [4.69, 9.17) is 9.47 Å². The second kappa shape index (κ2) is 11.7. The molecule has 0 atom stereocenters. The van der Waals surface area contributed by atoms with Gasteiger partial charge in [0, 0.05) is 0 Å². The van der Waals surface area contributed by atoms with E-state index >= 15 is 0 Å². The predicted octanol–water partition coefficient (Wildman–Crippen LogP) is 9.23. The fraction of sp³-hybridized carbons (Fsp3) is 0. The van der Waals surface area contributed by atoms with Gasteiger partial charge in [-0.15, -0.1) is 0 Å². The molecule has 0 bridgehead atoms. The zero-order valence-corrected chi connectivity index (χ0v) is 22.8. The minimum atomic E-state index is -0.417. The van der Waals surface area contributed by atoms with Gasteiger partial charge in [-0.05, 0) is 79.5 Å². The summed E-state index contributed by atoms with van der Waals surface area (Å²) in [5.41, 5.74) is 1.02. The summed E-state index contributed by atoms with van der Waals surface area (Å²) in [4.78, 5) is 27.9. The Balaban J connectivity index is 1.20. The molecule has 0 aliphatic rings. The number of rotatable bonds is 7. The monoisotopic (exact) mass is 558 g/mol. The van der Waals surface area contributed by atoms with Crippen molar-refractivity contribution >= 4 is 55.1 Å². The first kappa shape index (κ1) is 25.7. The maximum atomic E-state index is 13.2. The normalized spacial score (nSPS) is 10.9. The number of benzene rings is 6. The Bertz CT molecular complexity index is 1720. The van der Waals surface area contributed by atoms with Crippen molar-refractivity contribution in [1.29, 1.82) is 0 Å². The lowest BCUT2D eigenvalue weighted by Crippen LogP contribution is -2.09. The molecule has 0 spiro atoms. The Morgan fingerprint density at radius 2 is 0.800 bits per heavy atom. The van der Waals surface area contributed by atoms with Crippen LogP contribution in [0.5, 0.6) is 11.5 Å². The minimum absolute atomic E-state index is 0.417. The molecule has 6 aromatic carbocycles. The van der Waals surface area contributed by atoms with Crippen LogP contribution in [0.3, 0.4) is 0 Å². The van der Waals surface area contributed by atoms with Gasteiger partial charge in [-0.25, -0.2) is 9.59 Å². The van der Waals surface area contributed by atoms with E-state index in [1.165, 1.54) is 21.6 Å². The Morgan fingerprint density at radius 1 is 0.425 bits per heavy atom. The average molecular weight is 559 g/mol. The van der Waals surface area contributed by atoms with Crippen LogP contribution in [0.25, 0.3) is 21.5 Å². The second-order valence-electron chi connectivity index (χ2n) is 8.89. The molecule has 0 heterocycles. The maximum absolute atomic E-state index is 13.2. The molecule has 40 heavy (non-hydrogen) atoms. The highest BCUT2D eigenvalue weighted by Gasteiger charge is 2.17. The highest BCUT2D eigenvalue weighted by molar-refractivity contribution is 8.76. The van der Waals surface area contributed by atoms with Crippen LogP contribution in [-0.2, 0) is 0 Å². The summed E-state index contributed by atoms with van der Waals surface area (Å²) in [7, 11) is 2.86. The molecule has 0 unspecified atom stereocenters. The van der Waals surface area contributed by atoms with Crippen molar-refractivity contribution in [2.24, 2.45) is 0 Å². The van der Waals surface area contributed by atoms with Crippen molar-refractivity contribution in [1.82, 2.24) is 0 Å². The van der Waals surface area contributed by atoms with Gasteiger partial charge < -0.3 is 9.47 Å². The standard InChI is InChI=1S/C34H22O4S2/c35-33(27-17-9-13-23-11-1-3-15-25(23)27)37-29-19-5-7-21-31(29)39-40-32-22-8-6-20-30(32)38-34(36)28-18-10-14-24-12-2-4-16-26(24)28/h1-22H. The van der Waals surface area contributed by atoms with E-state index < -0.39 is 11.9 Å². The largest absolute Gasteiger partial charge is 0.422 e. The van der Waals surface area contributed by atoms with E-state index in [2.05, 4.69) is 0 Å². The Kier molecular flexibility index (Phi) is 7.53. The summed E-state index contributed by atoms with van der Waals surface area (Å²) in [6, 6.07) is 41.5. The lowest BCUT2D eigenvalue weighted by molar-refractivity contribution is 0.0722. The summed E-state index contributed by atoms with van der Waals surface area (Å²) in [5, 5.41) is 3.64. The number of carbonyl (C=O) groups is 2. The molecule has 6 rings (SSSR count). The van der Waals surface area contributed by atoms with Crippen molar-refractivity contribution < 1.29 is 19.1 Å². The molecule has 4 nitrogen and oxygen atoms in total. The van der Waals surface area contributed by atoms with Crippen molar-refractivity contribution in [2.45, 2.75) is 9.79 Å². The molecule has 6 heteroatoms. The fourth-order valence-corrected chi connectivity index (χ4v) is 6.61. The zero-order valence-electron chi connectivity index (χ0n) is 21.2. The highest BCUT2D eigenvalue weighted by atomic mass is 33.1. The van der Waals surface area contributed by atoms with Gasteiger partial charge in [0.25, 0.3) is 0 Å². The van der Waals surface area contributed by atoms with Crippen LogP contribution in [0.2, 0.25) is 0 Å². The molecule has 0 aliphatic heterocycles. The number of ether oxygens (including phenoxy) is 2. The molecule has 194 valence electrons. The third-order valence-corrected chi connectivity index (χ3v) is 8.79. The summed E-state index contributed by atoms with van der Waals surface area (Å²) in [6.07, 6.45) is 0. The van der Waals surface area contributed by atoms with Gasteiger partial charge in [0.15, 0.2) is 0 Å². The first-order chi connectivity index (χ1) is 19.7. The Morgan fingerprint density at radius 3 is 1.27 bits per heavy atom. The van der Waals surface area contributed by atoms with E-state index in [9.17, 15) is 9.59 Å². The lowest BCUT2D eigenvalue weighted by atomic mass is 10.0. The number of hydrogen-bond acceptors (Lipinski definition) is 6. The van der Waals surface area contributed by atoms with Crippen molar-refractivity contribution in [3.63, 3.8) is 0 Å². The quantitative estimate of drug-likeness (QED) is 0.111. The third kappa shape index (κ3) is 5.45. The molecule has 0 radical (unpaired) electrons. The SMILES string of the molecule is O=C(Oc1ccccc1SSc1ccccc1OC(=O)c1cccc2ccccc12)c1cccc2ccccc12. The van der Waals surface area contributed by atoms with Crippen molar-refractivity contribution in [3.05, 3.63) is 145 Å². The molecular formula is C34H22O4S2. The van der Waals surface area contributed by atoms with Crippen molar-refractivity contribution in [3.8, 4) is 11.5 Å². The number of carbonyl (C=O) groups excluding carboxylic acids is 2. The minimum Gasteiger partial charge on any atom is -0.422 e. The van der Waals surface area contributed by atoms with E-state index in [0.717, 1.165) is 31.3 Å². The van der Waals surface area contributed by atoms with Gasteiger partial charge in [0.1, 0.15) is 11.5 Å². The van der Waals surface area contributed by atoms with Gasteiger partial charge in [-0.3, -0.25) is 0 Å². The zero-order chi connectivity index (χ0) is 27.3. The molecule has 0 aromatic heterocycles. The first-order valence-corrected chi connectivity index (χ1v) is 14.7. The van der Waals surface area contributed by atoms with E-state index in [1.807, 2.05) is 109 Å². The molecule has 0 amide bonds. The van der Waals surface area contributed by atoms with Crippen LogP contribution in [-0.4, -0.2) is 11.9 Å². The number of para-hydroxylation sites is 2. The van der Waals surface area contributed by atoms with Gasteiger partial charge >= 0.3 is 11.9 Å². The number of esters is 2. The van der Waals surface area contributed by atoms with Gasteiger partial charge in [-0.1, -0.05) is 97.1 Å². The maximum Gasteiger partial charge on any atom is 0.344 e. The topological polar surface area (TPSA) is 52.6 Å². The number of hydrogen-bond donors (Lipinski definition) is 0. The van der Waals surface area contributed by atoms with Crippen LogP contribution in [0, 0.1) is 0 Å². The first-order valence-electron chi connectivity index (χ1n) is 12.6. The Labute approximate surface area is 239 Å². The van der Waals surface area contributed by atoms with Gasteiger partial charge in [0.05, 0.1) is 20.9 Å². The molecular weight excluding hydrogens is 537 g/mol. The van der Waals surface area contributed by atoms with Crippen LogP contribution in [0.15, 0.2) is 143 Å². The lowest BCUT2D eigenvalue weighted by Gasteiger charge is -2.12. The van der Waals surface area contributed by atoms with E-state index in [0.29, 0.717) is 22.6 Å². The van der Waals surface area contributed by atoms with Gasteiger partial charge in [-0.2, -0.15) is 0 Å². The van der Waals surface area contributed by atoms with Crippen LogP contribution in [0.1, 0.15) is 20.7 Å². The van der Waals surface area contributed by atoms with Crippen LogP contribution >= 0.6 is 21.6 Å². The van der Waals surface area contributed by atoms with Crippen LogP contribution in [0.4, 0.5) is 0 Å². The van der Waals surface area contributed by atoms with E-state index in [-0.39, 0.29) is 0 Å². The van der Waals surface area contributed by atoms with Crippen LogP contribution < -0.4 is 9.47 Å². The summed E-state index contributed by atoms with van der Waals surface area (Å²) in [6.45, 7) is 0. The highest BCUT2D eigenvalue weighted by Crippen LogP contribution is 2.45.